The van der Waals surface area contributed by atoms with Crippen LogP contribution in [0.2, 0.25) is 0 Å². The predicted molar refractivity (Wildman–Crippen MR) is 99.3 cm³/mol. The van der Waals surface area contributed by atoms with Gasteiger partial charge in [-0.05, 0) is 42.3 Å². The minimum atomic E-state index is -3.63. The third kappa shape index (κ3) is 5.54. The van der Waals surface area contributed by atoms with Gasteiger partial charge in [0.2, 0.25) is 15.9 Å². The Hall–Kier alpha value is -1.93. The number of aryl methyl sites for hydroxylation is 1. The Kier molecular flexibility index (Phi) is 6.18. The number of hydrogen-bond acceptors (Lipinski definition) is 3. The van der Waals surface area contributed by atoms with E-state index in [9.17, 15) is 17.6 Å². The molecular weight excluding hydrogens is 411 g/mol. The first kappa shape index (κ1) is 19.4. The summed E-state index contributed by atoms with van der Waals surface area (Å²) in [6.07, 6.45) is 1.04. The standard InChI is InChI=1S/C17H18BrFN2O3S/c1-12-6-7-13(8-16(12)19)10-20-17(22)11-21(25(2,23)24)15-5-3-4-14(18)9-15/h3-9H,10-11H2,1-2H3,(H,20,22). The Morgan fingerprint density at radius 3 is 2.56 bits per heavy atom. The molecule has 0 aliphatic rings. The van der Waals surface area contributed by atoms with Gasteiger partial charge >= 0.3 is 0 Å². The molecule has 0 bridgehead atoms. The molecule has 25 heavy (non-hydrogen) atoms. The van der Waals surface area contributed by atoms with Crippen molar-refractivity contribution in [2.24, 2.45) is 0 Å². The highest BCUT2D eigenvalue weighted by atomic mass is 79.9. The Balaban J connectivity index is 2.08. The second-order valence-corrected chi connectivity index (χ2v) is 8.43. The molecule has 0 unspecified atom stereocenters. The fraction of sp³-hybridized carbons (Fsp3) is 0.235. The largest absolute Gasteiger partial charge is 0.350 e. The topological polar surface area (TPSA) is 66.5 Å². The molecule has 2 rings (SSSR count). The summed E-state index contributed by atoms with van der Waals surface area (Å²) in [6, 6.07) is 11.3. The van der Waals surface area contributed by atoms with Crippen LogP contribution in [-0.2, 0) is 21.4 Å². The maximum Gasteiger partial charge on any atom is 0.241 e. The van der Waals surface area contributed by atoms with E-state index in [0.717, 1.165) is 10.6 Å². The number of rotatable bonds is 6. The molecule has 0 aliphatic carbocycles. The van der Waals surface area contributed by atoms with E-state index in [1.807, 2.05) is 0 Å². The number of amides is 1. The zero-order chi connectivity index (χ0) is 18.6. The van der Waals surface area contributed by atoms with E-state index in [1.165, 1.54) is 6.07 Å². The Morgan fingerprint density at radius 2 is 1.96 bits per heavy atom. The highest BCUT2D eigenvalue weighted by Crippen LogP contribution is 2.21. The molecule has 8 heteroatoms. The molecule has 0 atom stereocenters. The molecule has 0 saturated heterocycles. The van der Waals surface area contributed by atoms with Crippen molar-refractivity contribution in [2.75, 3.05) is 17.1 Å². The van der Waals surface area contributed by atoms with E-state index in [-0.39, 0.29) is 18.9 Å². The summed E-state index contributed by atoms with van der Waals surface area (Å²) in [5, 5.41) is 2.61. The summed E-state index contributed by atoms with van der Waals surface area (Å²) in [7, 11) is -3.63. The summed E-state index contributed by atoms with van der Waals surface area (Å²) in [4.78, 5) is 12.2. The van der Waals surface area contributed by atoms with Crippen LogP contribution in [0.3, 0.4) is 0 Å². The lowest BCUT2D eigenvalue weighted by Gasteiger charge is -2.22. The maximum atomic E-state index is 13.5. The van der Waals surface area contributed by atoms with E-state index >= 15 is 0 Å². The van der Waals surface area contributed by atoms with Crippen LogP contribution in [-0.4, -0.2) is 27.1 Å². The Bertz CT molecular complexity index is 887. The first-order valence-corrected chi connectivity index (χ1v) is 10.1. The first-order valence-electron chi connectivity index (χ1n) is 7.42. The van der Waals surface area contributed by atoms with Gasteiger partial charge in [0.25, 0.3) is 0 Å². The van der Waals surface area contributed by atoms with Gasteiger partial charge in [-0.15, -0.1) is 0 Å². The van der Waals surface area contributed by atoms with Gasteiger partial charge in [-0.25, -0.2) is 12.8 Å². The summed E-state index contributed by atoms with van der Waals surface area (Å²) in [5.74, 6) is -0.829. The number of carbonyl (C=O) groups is 1. The van der Waals surface area contributed by atoms with Crippen molar-refractivity contribution in [1.82, 2.24) is 5.32 Å². The van der Waals surface area contributed by atoms with E-state index in [2.05, 4.69) is 21.2 Å². The second-order valence-electron chi connectivity index (χ2n) is 5.61. The molecule has 5 nitrogen and oxygen atoms in total. The lowest BCUT2D eigenvalue weighted by atomic mass is 10.1. The number of nitrogens with one attached hydrogen (secondary N) is 1. The van der Waals surface area contributed by atoms with Crippen molar-refractivity contribution >= 4 is 37.5 Å². The predicted octanol–water partition coefficient (Wildman–Crippen LogP) is 2.98. The smallest absolute Gasteiger partial charge is 0.241 e. The average molecular weight is 429 g/mol. The molecule has 0 aromatic heterocycles. The molecule has 134 valence electrons. The molecule has 0 saturated carbocycles. The fourth-order valence-corrected chi connectivity index (χ4v) is 3.40. The van der Waals surface area contributed by atoms with Crippen molar-refractivity contribution in [3.63, 3.8) is 0 Å². The quantitative estimate of drug-likeness (QED) is 0.768. The van der Waals surface area contributed by atoms with Gasteiger partial charge in [-0.3, -0.25) is 9.10 Å². The molecule has 0 aliphatic heterocycles. The van der Waals surface area contributed by atoms with Crippen LogP contribution in [0, 0.1) is 12.7 Å². The van der Waals surface area contributed by atoms with Crippen LogP contribution in [0.15, 0.2) is 46.9 Å². The van der Waals surface area contributed by atoms with E-state index in [1.54, 1.807) is 43.3 Å². The number of hydrogen-bond donors (Lipinski definition) is 1. The van der Waals surface area contributed by atoms with Crippen molar-refractivity contribution in [3.8, 4) is 0 Å². The minimum Gasteiger partial charge on any atom is -0.350 e. The molecular formula is C17H18BrFN2O3S. The summed E-state index contributed by atoms with van der Waals surface area (Å²) in [5.41, 5.74) is 1.51. The van der Waals surface area contributed by atoms with Gasteiger partial charge in [-0.1, -0.05) is 34.1 Å². The summed E-state index contributed by atoms with van der Waals surface area (Å²) in [6.45, 7) is 1.41. The maximum absolute atomic E-state index is 13.5. The van der Waals surface area contributed by atoms with Gasteiger partial charge in [0.15, 0.2) is 0 Å². The summed E-state index contributed by atoms with van der Waals surface area (Å²) < 4.78 is 39.3. The van der Waals surface area contributed by atoms with Gasteiger partial charge in [0.05, 0.1) is 11.9 Å². The lowest BCUT2D eigenvalue weighted by Crippen LogP contribution is -2.40. The number of nitrogens with zero attached hydrogens (tertiary/aromatic N) is 1. The zero-order valence-corrected chi connectivity index (χ0v) is 16.2. The molecule has 0 fully saturated rings. The SMILES string of the molecule is Cc1ccc(CNC(=O)CN(c2cccc(Br)c2)S(C)(=O)=O)cc1F. The third-order valence-electron chi connectivity index (χ3n) is 3.51. The number of carbonyl (C=O) groups excluding carboxylic acids is 1. The van der Waals surface area contributed by atoms with Crippen LogP contribution in [0.5, 0.6) is 0 Å². The zero-order valence-electron chi connectivity index (χ0n) is 13.8. The van der Waals surface area contributed by atoms with Crippen LogP contribution < -0.4 is 9.62 Å². The molecule has 0 heterocycles. The summed E-state index contributed by atoms with van der Waals surface area (Å²) >= 11 is 3.28. The van der Waals surface area contributed by atoms with E-state index in [4.69, 9.17) is 0 Å². The van der Waals surface area contributed by atoms with Crippen molar-refractivity contribution < 1.29 is 17.6 Å². The number of halogens is 2. The molecule has 1 N–H and O–H groups in total. The highest BCUT2D eigenvalue weighted by Gasteiger charge is 2.20. The normalized spacial score (nSPS) is 11.2. The van der Waals surface area contributed by atoms with Crippen molar-refractivity contribution in [3.05, 3.63) is 63.9 Å². The van der Waals surface area contributed by atoms with Gasteiger partial charge in [-0.2, -0.15) is 0 Å². The number of sulfonamides is 1. The highest BCUT2D eigenvalue weighted by molar-refractivity contribution is 9.10. The third-order valence-corrected chi connectivity index (χ3v) is 5.14. The molecule has 0 spiro atoms. The van der Waals surface area contributed by atoms with E-state index < -0.39 is 15.9 Å². The lowest BCUT2D eigenvalue weighted by molar-refractivity contribution is -0.119. The van der Waals surface area contributed by atoms with Crippen LogP contribution >= 0.6 is 15.9 Å². The van der Waals surface area contributed by atoms with Gasteiger partial charge in [0, 0.05) is 11.0 Å². The van der Waals surface area contributed by atoms with Crippen molar-refractivity contribution in [2.45, 2.75) is 13.5 Å². The van der Waals surface area contributed by atoms with Crippen LogP contribution in [0.1, 0.15) is 11.1 Å². The van der Waals surface area contributed by atoms with Gasteiger partial charge < -0.3 is 5.32 Å². The van der Waals surface area contributed by atoms with Crippen molar-refractivity contribution in [1.29, 1.82) is 0 Å². The van der Waals surface area contributed by atoms with Crippen LogP contribution in [0.25, 0.3) is 0 Å². The molecule has 2 aromatic carbocycles. The Labute approximate surface area is 155 Å². The second kappa shape index (κ2) is 7.97. The first-order chi connectivity index (χ1) is 11.7. The van der Waals surface area contributed by atoms with E-state index in [0.29, 0.717) is 21.3 Å². The Morgan fingerprint density at radius 1 is 1.24 bits per heavy atom. The monoisotopic (exact) mass is 428 g/mol. The minimum absolute atomic E-state index is 0.117. The molecule has 0 radical (unpaired) electrons. The number of benzene rings is 2. The van der Waals surface area contributed by atoms with Gasteiger partial charge in [0.1, 0.15) is 12.4 Å². The fourth-order valence-electron chi connectivity index (χ4n) is 2.16. The molecule has 2 aromatic rings. The number of anilines is 1. The average Bonchev–Trinajstić information content (AvgIpc) is 2.52. The van der Waals surface area contributed by atoms with Crippen LogP contribution in [0.4, 0.5) is 10.1 Å². The molecule has 1 amide bonds.